The number of hydrogen-bond acceptors (Lipinski definition) is 3. The van der Waals surface area contributed by atoms with E-state index in [-0.39, 0.29) is 17.6 Å². The van der Waals surface area contributed by atoms with Crippen LogP contribution in [0.2, 0.25) is 0 Å². The van der Waals surface area contributed by atoms with E-state index >= 15 is 0 Å². The molecule has 26 heavy (non-hydrogen) atoms. The molecule has 1 aromatic carbocycles. The smallest absolute Gasteiger partial charge is 0.407 e. The zero-order chi connectivity index (χ0) is 18.0. The summed E-state index contributed by atoms with van der Waals surface area (Å²) in [7, 11) is 1.80. The molecule has 3 aliphatic rings. The highest BCUT2D eigenvalue weighted by Crippen LogP contribution is 2.62. The van der Waals surface area contributed by atoms with Crippen LogP contribution in [0.25, 0.3) is 0 Å². The maximum atomic E-state index is 12.5. The van der Waals surface area contributed by atoms with Crippen molar-refractivity contribution in [2.75, 3.05) is 13.7 Å². The van der Waals surface area contributed by atoms with Crippen molar-refractivity contribution in [1.29, 1.82) is 0 Å². The Morgan fingerprint density at radius 3 is 2.88 bits per heavy atom. The Balaban J connectivity index is 1.41. The van der Waals surface area contributed by atoms with Crippen LogP contribution in [-0.2, 0) is 16.1 Å². The highest BCUT2D eigenvalue weighted by atomic mass is 16.5. The molecule has 1 N–H and O–H groups in total. The fourth-order valence-electron chi connectivity index (χ4n) is 6.21. The number of carbonyl (C=O) groups excluding carboxylic acids is 1. The average Bonchev–Trinajstić information content (AvgIpc) is 3.24. The molecule has 3 fully saturated rings. The van der Waals surface area contributed by atoms with E-state index in [0.717, 1.165) is 18.1 Å². The molecule has 0 heterocycles. The minimum Gasteiger partial charge on any atom is -0.445 e. The summed E-state index contributed by atoms with van der Waals surface area (Å²) in [5.74, 6) is 2.04. The molecule has 1 aromatic rings. The summed E-state index contributed by atoms with van der Waals surface area (Å²) < 4.78 is 11.0. The van der Waals surface area contributed by atoms with Crippen LogP contribution in [0, 0.1) is 23.2 Å². The van der Waals surface area contributed by atoms with E-state index in [2.05, 4.69) is 5.32 Å². The quantitative estimate of drug-likeness (QED) is 0.842. The molecule has 4 nitrogen and oxygen atoms in total. The predicted octanol–water partition coefficient (Wildman–Crippen LogP) is 4.53. The number of methoxy groups -OCH3 is 1. The van der Waals surface area contributed by atoms with Crippen LogP contribution in [0.1, 0.15) is 50.5 Å². The van der Waals surface area contributed by atoms with Gasteiger partial charge in [0.25, 0.3) is 0 Å². The van der Waals surface area contributed by atoms with Crippen LogP contribution in [-0.4, -0.2) is 25.9 Å². The number of fused-ring (bicyclic) bond motifs is 3. The lowest BCUT2D eigenvalue weighted by molar-refractivity contribution is 0.00745. The SMILES string of the molecule is COC[C@@H]1CCC[C@@]2(C1)[C@H]1CC[C@H](C1)[C@H]2NC(=O)OCc1ccccc1. The molecule has 2 bridgehead atoms. The summed E-state index contributed by atoms with van der Waals surface area (Å²) in [5, 5.41) is 3.30. The third-order valence-corrected chi connectivity index (χ3v) is 7.19. The number of benzene rings is 1. The lowest BCUT2D eigenvalue weighted by Crippen LogP contribution is -2.53. The number of hydrogen-bond donors (Lipinski definition) is 1. The van der Waals surface area contributed by atoms with Gasteiger partial charge in [-0.25, -0.2) is 4.79 Å². The molecule has 0 radical (unpaired) electrons. The Labute approximate surface area is 156 Å². The minimum atomic E-state index is -0.250. The summed E-state index contributed by atoms with van der Waals surface area (Å²) in [5.41, 5.74) is 1.30. The maximum Gasteiger partial charge on any atom is 0.407 e. The van der Waals surface area contributed by atoms with Crippen molar-refractivity contribution in [2.45, 2.75) is 57.6 Å². The van der Waals surface area contributed by atoms with E-state index in [1.165, 1.54) is 44.9 Å². The van der Waals surface area contributed by atoms with E-state index in [1.807, 2.05) is 30.3 Å². The largest absolute Gasteiger partial charge is 0.445 e. The van der Waals surface area contributed by atoms with Crippen LogP contribution in [0.3, 0.4) is 0 Å². The monoisotopic (exact) mass is 357 g/mol. The van der Waals surface area contributed by atoms with Gasteiger partial charge in [-0.3, -0.25) is 0 Å². The van der Waals surface area contributed by atoms with Gasteiger partial charge in [-0.05, 0) is 67.3 Å². The molecule has 1 amide bonds. The summed E-state index contributed by atoms with van der Waals surface area (Å²) in [4.78, 5) is 12.5. The molecule has 0 aliphatic heterocycles. The first kappa shape index (κ1) is 17.8. The highest BCUT2D eigenvalue weighted by molar-refractivity contribution is 5.68. The van der Waals surface area contributed by atoms with Gasteiger partial charge in [-0.1, -0.05) is 36.8 Å². The van der Waals surface area contributed by atoms with Gasteiger partial charge in [-0.2, -0.15) is 0 Å². The Morgan fingerprint density at radius 1 is 1.23 bits per heavy atom. The van der Waals surface area contributed by atoms with Gasteiger partial charge in [0.1, 0.15) is 6.61 Å². The van der Waals surface area contributed by atoms with Crippen molar-refractivity contribution in [3.63, 3.8) is 0 Å². The van der Waals surface area contributed by atoms with Gasteiger partial charge in [-0.15, -0.1) is 0 Å². The molecule has 3 aliphatic carbocycles. The third kappa shape index (κ3) is 3.36. The zero-order valence-corrected chi connectivity index (χ0v) is 15.8. The van der Waals surface area contributed by atoms with Gasteiger partial charge in [0.05, 0.1) is 0 Å². The molecular weight excluding hydrogens is 326 g/mol. The number of ether oxygens (including phenoxy) is 2. The summed E-state index contributed by atoms with van der Waals surface area (Å²) >= 11 is 0. The normalized spacial score (nSPS) is 35.6. The van der Waals surface area contributed by atoms with Crippen molar-refractivity contribution in [2.24, 2.45) is 23.2 Å². The fraction of sp³-hybridized carbons (Fsp3) is 0.682. The van der Waals surface area contributed by atoms with Gasteiger partial charge >= 0.3 is 6.09 Å². The van der Waals surface area contributed by atoms with Crippen LogP contribution in [0.4, 0.5) is 4.79 Å². The molecule has 0 unspecified atom stereocenters. The van der Waals surface area contributed by atoms with E-state index < -0.39 is 0 Å². The average molecular weight is 357 g/mol. The fourth-order valence-corrected chi connectivity index (χ4v) is 6.21. The van der Waals surface area contributed by atoms with Crippen LogP contribution < -0.4 is 5.32 Å². The van der Waals surface area contributed by atoms with Crippen molar-refractivity contribution in [3.05, 3.63) is 35.9 Å². The number of amides is 1. The maximum absolute atomic E-state index is 12.5. The van der Waals surface area contributed by atoms with Crippen molar-refractivity contribution in [3.8, 4) is 0 Å². The van der Waals surface area contributed by atoms with E-state index in [0.29, 0.717) is 18.4 Å². The van der Waals surface area contributed by atoms with Crippen LogP contribution in [0.5, 0.6) is 0 Å². The second-order valence-electron chi connectivity index (χ2n) is 8.60. The second kappa shape index (κ2) is 7.59. The summed E-state index contributed by atoms with van der Waals surface area (Å²) in [6.07, 6.45) is 8.59. The molecule has 142 valence electrons. The number of carbonyl (C=O) groups is 1. The summed E-state index contributed by atoms with van der Waals surface area (Å²) in [6, 6.07) is 10.2. The number of alkyl carbamates (subject to hydrolysis) is 1. The van der Waals surface area contributed by atoms with E-state index in [9.17, 15) is 4.79 Å². The van der Waals surface area contributed by atoms with Crippen molar-refractivity contribution >= 4 is 6.09 Å². The zero-order valence-electron chi connectivity index (χ0n) is 15.8. The molecule has 4 rings (SSSR count). The van der Waals surface area contributed by atoms with Gasteiger partial charge in [0, 0.05) is 19.8 Å². The van der Waals surface area contributed by atoms with Crippen LogP contribution >= 0.6 is 0 Å². The summed E-state index contributed by atoms with van der Waals surface area (Å²) in [6.45, 7) is 1.19. The molecule has 3 saturated carbocycles. The Bertz CT molecular complexity index is 617. The topological polar surface area (TPSA) is 47.6 Å². The first-order chi connectivity index (χ1) is 12.7. The highest BCUT2D eigenvalue weighted by Gasteiger charge is 2.59. The standard InChI is InChI=1S/C22H31NO3/c1-25-14-17-8-5-11-22(13-17)19-10-9-18(12-19)20(22)23-21(24)26-15-16-6-3-2-4-7-16/h2-4,6-7,17-20H,5,8-15H2,1H3,(H,23,24)/t17-,18-,19+,20-,22-/m1/s1. The molecule has 5 atom stereocenters. The van der Waals surface area contributed by atoms with Gasteiger partial charge in [0.15, 0.2) is 0 Å². The van der Waals surface area contributed by atoms with Crippen LogP contribution in [0.15, 0.2) is 30.3 Å². The number of rotatable bonds is 5. The molecular formula is C22H31NO3. The Morgan fingerprint density at radius 2 is 2.08 bits per heavy atom. The lowest BCUT2D eigenvalue weighted by Gasteiger charge is -2.49. The minimum absolute atomic E-state index is 0.250. The van der Waals surface area contributed by atoms with E-state index in [1.54, 1.807) is 7.11 Å². The lowest BCUT2D eigenvalue weighted by atomic mass is 9.59. The third-order valence-electron chi connectivity index (χ3n) is 7.19. The Kier molecular flexibility index (Phi) is 5.21. The first-order valence-corrected chi connectivity index (χ1v) is 10.2. The second-order valence-corrected chi connectivity index (χ2v) is 8.60. The molecule has 0 saturated heterocycles. The predicted molar refractivity (Wildman–Crippen MR) is 101 cm³/mol. The van der Waals surface area contributed by atoms with Gasteiger partial charge in [0.2, 0.25) is 0 Å². The Hall–Kier alpha value is -1.55. The number of nitrogens with one attached hydrogen (secondary N) is 1. The first-order valence-electron chi connectivity index (χ1n) is 10.2. The van der Waals surface area contributed by atoms with E-state index in [4.69, 9.17) is 9.47 Å². The molecule has 4 heteroatoms. The van der Waals surface area contributed by atoms with Gasteiger partial charge < -0.3 is 14.8 Å². The molecule has 1 spiro atoms. The van der Waals surface area contributed by atoms with Crippen molar-refractivity contribution in [1.82, 2.24) is 5.32 Å². The molecule has 0 aromatic heterocycles. The van der Waals surface area contributed by atoms with Crippen molar-refractivity contribution < 1.29 is 14.3 Å².